The van der Waals surface area contributed by atoms with Crippen molar-refractivity contribution >= 4 is 18.1 Å². The van der Waals surface area contributed by atoms with Gasteiger partial charge in [-0.15, -0.1) is 6.58 Å². The Morgan fingerprint density at radius 2 is 2.27 bits per heavy atom. The van der Waals surface area contributed by atoms with Gasteiger partial charge >= 0.3 is 0 Å². The van der Waals surface area contributed by atoms with Crippen molar-refractivity contribution in [2.45, 2.75) is 31.6 Å². The van der Waals surface area contributed by atoms with Crippen molar-refractivity contribution in [2.24, 2.45) is 5.92 Å². The van der Waals surface area contributed by atoms with Gasteiger partial charge in [0.25, 0.3) is 0 Å². The van der Waals surface area contributed by atoms with Crippen LogP contribution in [0, 0.1) is 5.92 Å². The van der Waals surface area contributed by atoms with E-state index >= 15 is 0 Å². The summed E-state index contributed by atoms with van der Waals surface area (Å²) in [6, 6.07) is 0. The van der Waals surface area contributed by atoms with E-state index in [1.165, 1.54) is 6.42 Å². The first-order valence-electron chi connectivity index (χ1n) is 4.38. The van der Waals surface area contributed by atoms with E-state index in [9.17, 15) is 0 Å². The molecule has 0 bridgehead atoms. The molecule has 0 spiro atoms. The van der Waals surface area contributed by atoms with E-state index in [1.54, 1.807) is 0 Å². The van der Waals surface area contributed by atoms with Crippen LogP contribution in [0.3, 0.4) is 0 Å². The molecule has 2 atom stereocenters. The standard InChI is InChI=1S/C8H18OSi2/c1-5-7-6-8(7)11(3,4)9-10-2/h5,7-8H,1,6,10H2,2-4H3. The predicted octanol–water partition coefficient (Wildman–Crippen LogP) is 1.92. The van der Waals surface area contributed by atoms with Gasteiger partial charge in [0.1, 0.15) is 9.76 Å². The van der Waals surface area contributed by atoms with E-state index in [2.05, 4.69) is 32.3 Å². The van der Waals surface area contributed by atoms with Crippen molar-refractivity contribution < 1.29 is 4.12 Å². The Kier molecular flexibility index (Phi) is 2.72. The zero-order valence-corrected chi connectivity index (χ0v) is 10.2. The Labute approximate surface area is 72.9 Å². The Balaban J connectivity index is 2.40. The maximum absolute atomic E-state index is 5.92. The molecule has 1 fully saturated rings. The average molecular weight is 186 g/mol. The minimum absolute atomic E-state index is 0.196. The Hall–Kier alpha value is 0.134. The van der Waals surface area contributed by atoms with Gasteiger partial charge in [0.2, 0.25) is 0 Å². The molecule has 1 saturated carbocycles. The van der Waals surface area contributed by atoms with Crippen LogP contribution < -0.4 is 0 Å². The van der Waals surface area contributed by atoms with Gasteiger partial charge in [-0.2, -0.15) is 0 Å². The van der Waals surface area contributed by atoms with Crippen LogP contribution in [-0.2, 0) is 4.12 Å². The Morgan fingerprint density at radius 3 is 2.64 bits per heavy atom. The molecule has 2 unspecified atom stereocenters. The number of hydrogen-bond acceptors (Lipinski definition) is 1. The van der Waals surface area contributed by atoms with Crippen LogP contribution in [0.5, 0.6) is 0 Å². The molecule has 1 nitrogen and oxygen atoms in total. The fourth-order valence-corrected chi connectivity index (χ4v) is 7.59. The molecule has 0 aromatic heterocycles. The molecule has 11 heavy (non-hydrogen) atoms. The normalized spacial score (nSPS) is 31.2. The summed E-state index contributed by atoms with van der Waals surface area (Å²) in [6.07, 6.45) is 3.44. The van der Waals surface area contributed by atoms with Gasteiger partial charge in [0.15, 0.2) is 8.32 Å². The van der Waals surface area contributed by atoms with Crippen molar-refractivity contribution in [1.29, 1.82) is 0 Å². The molecule has 0 aliphatic heterocycles. The molecule has 1 aliphatic carbocycles. The molecule has 0 saturated heterocycles. The molecule has 0 heterocycles. The van der Waals surface area contributed by atoms with Crippen molar-refractivity contribution in [2.75, 3.05) is 0 Å². The first-order valence-corrected chi connectivity index (χ1v) is 9.36. The zero-order valence-electron chi connectivity index (χ0n) is 7.76. The van der Waals surface area contributed by atoms with Crippen LogP contribution in [0.15, 0.2) is 12.7 Å². The summed E-state index contributed by atoms with van der Waals surface area (Å²) < 4.78 is 5.92. The fraction of sp³-hybridized carbons (Fsp3) is 0.750. The van der Waals surface area contributed by atoms with Crippen LogP contribution in [0.1, 0.15) is 6.42 Å². The lowest BCUT2D eigenvalue weighted by atomic mass is 10.4. The second-order valence-electron chi connectivity index (χ2n) is 3.78. The third-order valence-corrected chi connectivity index (χ3v) is 9.13. The first kappa shape index (κ1) is 9.22. The van der Waals surface area contributed by atoms with Gasteiger partial charge in [-0.25, -0.2) is 0 Å². The lowest BCUT2D eigenvalue weighted by molar-refractivity contribution is 0.585. The summed E-state index contributed by atoms with van der Waals surface area (Å²) in [4.78, 5) is 0. The Bertz CT molecular complexity index is 156. The fourth-order valence-electron chi connectivity index (χ4n) is 1.75. The minimum Gasteiger partial charge on any atom is -0.461 e. The summed E-state index contributed by atoms with van der Waals surface area (Å²) in [5, 5.41) is 0. The molecular formula is C8H18OSi2. The summed E-state index contributed by atoms with van der Waals surface area (Å²) >= 11 is 0. The Morgan fingerprint density at radius 1 is 1.64 bits per heavy atom. The van der Waals surface area contributed by atoms with E-state index in [0.717, 1.165) is 11.5 Å². The SMILES string of the molecule is C=CC1CC1[Si](C)(C)O[SiH2]C. The van der Waals surface area contributed by atoms with Gasteiger partial charge in [-0.05, 0) is 31.0 Å². The minimum atomic E-state index is -1.26. The van der Waals surface area contributed by atoms with E-state index in [0.29, 0.717) is 0 Å². The molecule has 1 aliphatic rings. The van der Waals surface area contributed by atoms with Crippen LogP contribution in [-0.4, -0.2) is 18.1 Å². The van der Waals surface area contributed by atoms with Crippen molar-refractivity contribution in [1.82, 2.24) is 0 Å². The van der Waals surface area contributed by atoms with Crippen LogP contribution >= 0.6 is 0 Å². The maximum Gasteiger partial charge on any atom is 0.176 e. The lowest BCUT2D eigenvalue weighted by Gasteiger charge is -2.22. The molecular weight excluding hydrogens is 168 g/mol. The van der Waals surface area contributed by atoms with Crippen LogP contribution in [0.25, 0.3) is 0 Å². The second kappa shape index (κ2) is 3.25. The second-order valence-corrected chi connectivity index (χ2v) is 9.46. The maximum atomic E-state index is 5.92. The largest absolute Gasteiger partial charge is 0.461 e. The quantitative estimate of drug-likeness (QED) is 0.481. The molecule has 1 rings (SSSR count). The molecule has 64 valence electrons. The van der Waals surface area contributed by atoms with Gasteiger partial charge < -0.3 is 4.12 Å². The summed E-state index contributed by atoms with van der Waals surface area (Å²) in [6.45, 7) is 10.7. The summed E-state index contributed by atoms with van der Waals surface area (Å²) in [5.74, 6) is 0.789. The summed E-state index contributed by atoms with van der Waals surface area (Å²) in [5.41, 5.74) is 0.882. The molecule has 0 radical (unpaired) electrons. The van der Waals surface area contributed by atoms with E-state index in [-0.39, 0.29) is 9.76 Å². The number of allylic oxidation sites excluding steroid dienone is 1. The zero-order chi connectivity index (χ0) is 8.48. The van der Waals surface area contributed by atoms with E-state index in [4.69, 9.17) is 4.12 Å². The monoisotopic (exact) mass is 186 g/mol. The highest BCUT2D eigenvalue weighted by molar-refractivity contribution is 6.77. The molecule has 0 aromatic rings. The number of hydrogen-bond donors (Lipinski definition) is 0. The highest BCUT2D eigenvalue weighted by atomic mass is 28.4. The first-order chi connectivity index (χ1) is 5.11. The van der Waals surface area contributed by atoms with Gasteiger partial charge in [0.05, 0.1) is 0 Å². The van der Waals surface area contributed by atoms with Gasteiger partial charge in [-0.3, -0.25) is 0 Å². The third kappa shape index (κ3) is 2.04. The highest BCUT2D eigenvalue weighted by Gasteiger charge is 2.48. The van der Waals surface area contributed by atoms with Gasteiger partial charge in [-0.1, -0.05) is 12.6 Å². The van der Waals surface area contributed by atoms with Crippen LogP contribution in [0.4, 0.5) is 0 Å². The molecule has 0 amide bonds. The smallest absolute Gasteiger partial charge is 0.176 e. The van der Waals surface area contributed by atoms with Crippen molar-refractivity contribution in [3.63, 3.8) is 0 Å². The molecule has 3 heteroatoms. The third-order valence-electron chi connectivity index (χ3n) is 2.55. The van der Waals surface area contributed by atoms with Crippen molar-refractivity contribution in [3.8, 4) is 0 Å². The highest BCUT2D eigenvalue weighted by Crippen LogP contribution is 2.52. The van der Waals surface area contributed by atoms with Crippen molar-refractivity contribution in [3.05, 3.63) is 12.7 Å². The van der Waals surface area contributed by atoms with E-state index < -0.39 is 8.32 Å². The van der Waals surface area contributed by atoms with Crippen LogP contribution in [0.2, 0.25) is 25.2 Å². The topological polar surface area (TPSA) is 9.23 Å². The average Bonchev–Trinajstić information content (AvgIpc) is 2.65. The molecule has 0 aromatic carbocycles. The lowest BCUT2D eigenvalue weighted by Crippen LogP contribution is -2.32. The summed E-state index contributed by atoms with van der Waals surface area (Å²) in [7, 11) is -1.46. The number of rotatable bonds is 4. The van der Waals surface area contributed by atoms with E-state index in [1.807, 2.05) is 0 Å². The predicted molar refractivity (Wildman–Crippen MR) is 55.0 cm³/mol. The molecule has 0 N–H and O–H groups in total. The van der Waals surface area contributed by atoms with Gasteiger partial charge in [0, 0.05) is 0 Å².